The Morgan fingerprint density at radius 1 is 1.12 bits per heavy atom. The predicted molar refractivity (Wildman–Crippen MR) is 67.6 cm³/mol. The zero-order valence-corrected chi connectivity index (χ0v) is 10.6. The van der Waals surface area contributed by atoms with E-state index in [1.54, 1.807) is 6.34 Å². The lowest BCUT2D eigenvalue weighted by molar-refractivity contribution is -0.123. The van der Waals surface area contributed by atoms with E-state index in [-0.39, 0.29) is 11.4 Å². The molecule has 1 aliphatic heterocycles. The van der Waals surface area contributed by atoms with Crippen LogP contribution in [0.5, 0.6) is 0 Å². The Balaban J connectivity index is 2.45. The Morgan fingerprint density at radius 2 is 1.69 bits per heavy atom. The van der Waals surface area contributed by atoms with Crippen molar-refractivity contribution >= 4 is 12.2 Å². The van der Waals surface area contributed by atoms with E-state index in [0.29, 0.717) is 0 Å². The molecular formula is C13H24N2O. The van der Waals surface area contributed by atoms with Crippen LogP contribution in [0.2, 0.25) is 0 Å². The first-order chi connectivity index (χ1) is 7.75. The van der Waals surface area contributed by atoms with Crippen molar-refractivity contribution in [3.05, 3.63) is 0 Å². The summed E-state index contributed by atoms with van der Waals surface area (Å²) in [6.45, 7) is 4.37. The van der Waals surface area contributed by atoms with Gasteiger partial charge in [0.15, 0.2) is 0 Å². The highest BCUT2D eigenvalue weighted by molar-refractivity contribution is 5.98. The number of hydrogen-bond acceptors (Lipinski definition) is 2. The predicted octanol–water partition coefficient (Wildman–Crippen LogP) is 3.04. The normalized spacial score (nSPS) is 17.8. The first kappa shape index (κ1) is 13.2. The molecule has 1 amide bonds. The van der Waals surface area contributed by atoms with Gasteiger partial charge in [0.2, 0.25) is 0 Å². The van der Waals surface area contributed by atoms with Crippen LogP contribution < -0.4 is 5.32 Å². The lowest BCUT2D eigenvalue weighted by Crippen LogP contribution is -2.46. The molecule has 0 saturated carbocycles. The molecule has 0 aromatic carbocycles. The molecule has 0 fully saturated rings. The number of aliphatic imine (C=N–C) groups is 1. The number of carbonyl (C=O) groups excluding carboxylic acids is 1. The number of rotatable bonds is 8. The highest BCUT2D eigenvalue weighted by atomic mass is 16.2. The van der Waals surface area contributed by atoms with Crippen molar-refractivity contribution in [2.24, 2.45) is 4.99 Å². The zero-order valence-electron chi connectivity index (χ0n) is 10.6. The van der Waals surface area contributed by atoms with E-state index in [1.807, 2.05) is 0 Å². The van der Waals surface area contributed by atoms with Gasteiger partial charge in [-0.25, -0.2) is 4.99 Å². The molecule has 92 valence electrons. The Hall–Kier alpha value is -0.860. The SMILES string of the molecule is CCCCCC1(CCCCC)NC=NC1=O. The van der Waals surface area contributed by atoms with E-state index < -0.39 is 0 Å². The molecule has 3 heteroatoms. The van der Waals surface area contributed by atoms with E-state index in [0.717, 1.165) is 25.7 Å². The molecule has 3 nitrogen and oxygen atoms in total. The van der Waals surface area contributed by atoms with Gasteiger partial charge < -0.3 is 5.32 Å². The summed E-state index contributed by atoms with van der Waals surface area (Å²) in [5, 5.41) is 3.20. The summed E-state index contributed by atoms with van der Waals surface area (Å²) >= 11 is 0. The zero-order chi connectivity index (χ0) is 11.9. The summed E-state index contributed by atoms with van der Waals surface area (Å²) < 4.78 is 0. The maximum Gasteiger partial charge on any atom is 0.272 e. The van der Waals surface area contributed by atoms with E-state index in [9.17, 15) is 4.79 Å². The first-order valence-corrected chi connectivity index (χ1v) is 6.60. The lowest BCUT2D eigenvalue weighted by atomic mass is 9.86. The number of hydrogen-bond donors (Lipinski definition) is 1. The molecule has 0 radical (unpaired) electrons. The molecule has 1 N–H and O–H groups in total. The third-order valence-corrected chi connectivity index (χ3v) is 3.35. The summed E-state index contributed by atoms with van der Waals surface area (Å²) in [6, 6.07) is 0. The number of amides is 1. The Morgan fingerprint density at radius 3 is 2.06 bits per heavy atom. The van der Waals surface area contributed by atoms with Gasteiger partial charge in [-0.05, 0) is 12.8 Å². The van der Waals surface area contributed by atoms with Gasteiger partial charge in [0, 0.05) is 0 Å². The average Bonchev–Trinajstić information content (AvgIpc) is 2.62. The Kier molecular flexibility index (Phi) is 5.50. The van der Waals surface area contributed by atoms with Crippen molar-refractivity contribution in [2.75, 3.05) is 0 Å². The van der Waals surface area contributed by atoms with Gasteiger partial charge >= 0.3 is 0 Å². The Labute approximate surface area is 98.7 Å². The molecule has 0 aromatic rings. The third kappa shape index (κ3) is 3.32. The van der Waals surface area contributed by atoms with Crippen LogP contribution in [0.1, 0.15) is 65.2 Å². The molecule has 0 saturated heterocycles. The van der Waals surface area contributed by atoms with Gasteiger partial charge in [-0.3, -0.25) is 4.79 Å². The molecule has 0 aromatic heterocycles. The van der Waals surface area contributed by atoms with Crippen LogP contribution in [0.4, 0.5) is 0 Å². The summed E-state index contributed by atoms with van der Waals surface area (Å²) in [4.78, 5) is 15.7. The largest absolute Gasteiger partial charge is 0.362 e. The summed E-state index contributed by atoms with van der Waals surface area (Å²) in [5.74, 6) is 0.0414. The highest BCUT2D eigenvalue weighted by Crippen LogP contribution is 2.26. The van der Waals surface area contributed by atoms with E-state index in [4.69, 9.17) is 0 Å². The van der Waals surface area contributed by atoms with E-state index in [2.05, 4.69) is 24.2 Å². The quantitative estimate of drug-likeness (QED) is 0.644. The van der Waals surface area contributed by atoms with Crippen LogP contribution in [0, 0.1) is 0 Å². The Bertz CT molecular complexity index is 238. The van der Waals surface area contributed by atoms with Crippen LogP contribution in [-0.4, -0.2) is 17.8 Å². The minimum atomic E-state index is -0.357. The fourth-order valence-corrected chi connectivity index (χ4v) is 2.24. The van der Waals surface area contributed by atoms with E-state index >= 15 is 0 Å². The fourth-order valence-electron chi connectivity index (χ4n) is 2.24. The molecule has 1 aliphatic rings. The average molecular weight is 224 g/mol. The van der Waals surface area contributed by atoms with Crippen LogP contribution >= 0.6 is 0 Å². The van der Waals surface area contributed by atoms with Crippen molar-refractivity contribution < 1.29 is 4.79 Å². The van der Waals surface area contributed by atoms with Gasteiger partial charge in [-0.2, -0.15) is 0 Å². The minimum Gasteiger partial charge on any atom is -0.362 e. The van der Waals surface area contributed by atoms with E-state index in [1.165, 1.54) is 25.7 Å². The van der Waals surface area contributed by atoms with Crippen molar-refractivity contribution in [2.45, 2.75) is 70.8 Å². The second-order valence-electron chi connectivity index (χ2n) is 4.70. The van der Waals surface area contributed by atoms with Crippen LogP contribution in [0.25, 0.3) is 0 Å². The minimum absolute atomic E-state index is 0.0414. The molecule has 1 heterocycles. The van der Waals surface area contributed by atoms with Gasteiger partial charge in [0.1, 0.15) is 5.54 Å². The van der Waals surface area contributed by atoms with Crippen LogP contribution in [0.3, 0.4) is 0 Å². The highest BCUT2D eigenvalue weighted by Gasteiger charge is 2.39. The fraction of sp³-hybridized carbons (Fsp3) is 0.846. The molecule has 0 aliphatic carbocycles. The van der Waals surface area contributed by atoms with Gasteiger partial charge in [-0.1, -0.05) is 52.4 Å². The van der Waals surface area contributed by atoms with Gasteiger partial charge in [0.25, 0.3) is 5.91 Å². The smallest absolute Gasteiger partial charge is 0.272 e. The lowest BCUT2D eigenvalue weighted by Gasteiger charge is -2.26. The van der Waals surface area contributed by atoms with Gasteiger partial charge in [0.05, 0.1) is 6.34 Å². The number of unbranched alkanes of at least 4 members (excludes halogenated alkanes) is 4. The second-order valence-corrected chi connectivity index (χ2v) is 4.70. The molecule has 16 heavy (non-hydrogen) atoms. The topological polar surface area (TPSA) is 41.5 Å². The number of nitrogens with zero attached hydrogens (tertiary/aromatic N) is 1. The second kappa shape index (κ2) is 6.66. The molecule has 0 atom stereocenters. The van der Waals surface area contributed by atoms with Crippen LogP contribution in [0.15, 0.2) is 4.99 Å². The molecule has 0 bridgehead atoms. The van der Waals surface area contributed by atoms with Crippen molar-refractivity contribution in [3.63, 3.8) is 0 Å². The number of nitrogens with one attached hydrogen (secondary N) is 1. The van der Waals surface area contributed by atoms with Gasteiger partial charge in [-0.15, -0.1) is 0 Å². The number of carbonyl (C=O) groups is 1. The molecule has 0 unspecified atom stereocenters. The third-order valence-electron chi connectivity index (χ3n) is 3.35. The molecule has 1 rings (SSSR count). The monoisotopic (exact) mass is 224 g/mol. The molecular weight excluding hydrogens is 200 g/mol. The van der Waals surface area contributed by atoms with Crippen molar-refractivity contribution in [1.29, 1.82) is 0 Å². The standard InChI is InChI=1S/C13H24N2O/c1-3-5-7-9-13(10-8-6-4-2)12(16)14-11-15-13/h11H,3-10H2,1-2H3,(H,14,15,16). The summed E-state index contributed by atoms with van der Waals surface area (Å²) in [5.41, 5.74) is -0.357. The van der Waals surface area contributed by atoms with Crippen molar-refractivity contribution in [1.82, 2.24) is 5.32 Å². The summed E-state index contributed by atoms with van der Waals surface area (Å²) in [6.07, 6.45) is 10.5. The van der Waals surface area contributed by atoms with Crippen LogP contribution in [-0.2, 0) is 4.79 Å². The molecule has 0 spiro atoms. The first-order valence-electron chi connectivity index (χ1n) is 6.60. The maximum absolute atomic E-state index is 11.8. The maximum atomic E-state index is 11.8. The van der Waals surface area contributed by atoms with Crippen molar-refractivity contribution in [3.8, 4) is 0 Å². The summed E-state index contributed by atoms with van der Waals surface area (Å²) in [7, 11) is 0.